The van der Waals surface area contributed by atoms with Crippen molar-refractivity contribution in [3.8, 4) is 46.0 Å². The second kappa shape index (κ2) is 47.3. The molecule has 0 fully saturated rings. The molecule has 1 aliphatic carbocycles. The average molecular weight is 1580 g/mol. The number of urea groups is 4. The second-order valence-electron chi connectivity index (χ2n) is 30.9. The molecule has 8 aromatic carbocycles. The van der Waals surface area contributed by atoms with Gasteiger partial charge in [-0.2, -0.15) is 0 Å². The van der Waals surface area contributed by atoms with Gasteiger partial charge in [-0.25, -0.2) is 19.2 Å². The van der Waals surface area contributed by atoms with Crippen LogP contribution in [0.1, 0.15) is 252 Å². The Morgan fingerprint density at radius 3 is 0.629 bits per heavy atom. The van der Waals surface area contributed by atoms with E-state index in [1.807, 2.05) is 146 Å². The van der Waals surface area contributed by atoms with E-state index < -0.39 is 24.1 Å². The predicted octanol–water partition coefficient (Wildman–Crippen LogP) is 25.0. The van der Waals surface area contributed by atoms with Crippen molar-refractivity contribution in [2.75, 3.05) is 95.4 Å². The van der Waals surface area contributed by atoms with Crippen LogP contribution in [-0.4, -0.2) is 77.0 Å². The minimum Gasteiger partial charge on any atom is -0.494 e. The lowest BCUT2D eigenvalue weighted by Gasteiger charge is -2.25. The van der Waals surface area contributed by atoms with Crippen LogP contribution in [0.25, 0.3) is 0 Å². The van der Waals surface area contributed by atoms with Gasteiger partial charge in [-0.1, -0.05) is 180 Å². The zero-order valence-corrected chi connectivity index (χ0v) is 69.0. The van der Waals surface area contributed by atoms with Crippen LogP contribution in [0.2, 0.25) is 0 Å². The lowest BCUT2D eigenvalue weighted by Crippen LogP contribution is -2.21. The highest BCUT2D eigenvalue weighted by molar-refractivity contribution is 6.03. The summed E-state index contributed by atoms with van der Waals surface area (Å²) in [6.07, 6.45) is 28.2. The zero-order chi connectivity index (χ0) is 80.7. The molecule has 11 rings (SSSR count). The summed E-state index contributed by atoms with van der Waals surface area (Å²) >= 11 is 0. The monoisotopic (exact) mass is 1580 g/mol. The second-order valence-corrected chi connectivity index (χ2v) is 30.9. The number of rotatable bonds is 20. The molecule has 2 heterocycles. The Kier molecular flexibility index (Phi) is 35.1. The van der Waals surface area contributed by atoms with Gasteiger partial charge in [0.15, 0.2) is 0 Å². The van der Waals surface area contributed by atoms with Crippen molar-refractivity contribution < 1.29 is 57.1 Å². The van der Waals surface area contributed by atoms with Crippen molar-refractivity contribution in [1.29, 1.82) is 0 Å². The summed E-state index contributed by atoms with van der Waals surface area (Å²) in [4.78, 5) is 59.5. The standard InChI is InChI=1S/C96H124N8O12/c1-5-9-25-49-113-89-69-53-70-58-82-63-75(90(70)114-50-26-10-6-2)56-76-64-84-60-72(92(76)116-52-28-12-8-4)54-71-59-83(103-95(107)99-79-39-35-43-87(67-79)111-47-31-23-19-15-16-20-24-32-48-112-88-44-36-40-80(68-88)100-96(108)104-84)62-74(91(71)115-51-27-11-7-3)55-73(89)61-81(57-69)101-93(105)97-77-37-33-41-85(65-77)109-45-29-21-17-13-14-18-22-30-46-110-86-42-34-38-78(66-86)98-94(106)102-82/h33-44,57-68H,5-32,45-56H2,1-4H3,(H2,97,101,105)(H2,98,102,106)(H2,99,103,107)(H2,100,104,108). The minimum absolute atomic E-state index is 0.179. The number of anilines is 8. The molecule has 0 radical (unpaired) electrons. The van der Waals surface area contributed by atoms with Gasteiger partial charge in [-0.15, -0.1) is 0 Å². The van der Waals surface area contributed by atoms with E-state index in [2.05, 4.69) is 70.2 Å². The van der Waals surface area contributed by atoms with Crippen LogP contribution in [0.4, 0.5) is 64.7 Å². The summed E-state index contributed by atoms with van der Waals surface area (Å²) in [5.74, 6) is 5.04. The van der Waals surface area contributed by atoms with Gasteiger partial charge in [-0.05, 0) is 148 Å². The maximum atomic E-state index is 14.9. The van der Waals surface area contributed by atoms with Gasteiger partial charge in [0.25, 0.3) is 0 Å². The molecule has 0 aromatic heterocycles. The van der Waals surface area contributed by atoms with Crippen LogP contribution in [0.15, 0.2) is 146 Å². The number of carbonyl (C=O) groups excluding carboxylic acids is 4. The van der Waals surface area contributed by atoms with E-state index in [-0.39, 0.29) is 25.7 Å². The van der Waals surface area contributed by atoms with E-state index >= 15 is 0 Å². The Labute approximate surface area is 687 Å². The molecule has 2 aliphatic heterocycles. The van der Waals surface area contributed by atoms with E-state index in [9.17, 15) is 19.2 Å². The number of nitrogens with one attached hydrogen (secondary N) is 8. The van der Waals surface area contributed by atoms with Gasteiger partial charge in [0.05, 0.1) is 52.9 Å². The molecule has 8 aromatic rings. The van der Waals surface area contributed by atoms with E-state index in [4.69, 9.17) is 37.9 Å². The first-order valence-corrected chi connectivity index (χ1v) is 43.3. The summed E-state index contributed by atoms with van der Waals surface area (Å²) in [7, 11) is 0. The van der Waals surface area contributed by atoms with Crippen molar-refractivity contribution in [2.45, 2.75) is 233 Å². The van der Waals surface area contributed by atoms with Crippen LogP contribution in [0.5, 0.6) is 46.0 Å². The largest absolute Gasteiger partial charge is 0.494 e. The third-order valence-corrected chi connectivity index (χ3v) is 21.0. The highest BCUT2D eigenvalue weighted by atomic mass is 16.5. The molecular weight excluding hydrogens is 1460 g/mol. The molecule has 8 N–H and O–H groups in total. The van der Waals surface area contributed by atoms with Gasteiger partial charge in [-0.3, -0.25) is 0 Å². The van der Waals surface area contributed by atoms with Crippen molar-refractivity contribution in [1.82, 2.24) is 0 Å². The molecule has 116 heavy (non-hydrogen) atoms. The summed E-state index contributed by atoms with van der Waals surface area (Å²) in [6, 6.07) is 43.9. The Hall–Kier alpha value is -10.8. The van der Waals surface area contributed by atoms with Crippen molar-refractivity contribution in [2.24, 2.45) is 0 Å². The number of ether oxygens (including phenoxy) is 8. The molecular formula is C96H124N8O12. The summed E-state index contributed by atoms with van der Waals surface area (Å²) in [6.45, 7) is 12.4. The molecule has 0 saturated carbocycles. The van der Waals surface area contributed by atoms with Crippen molar-refractivity contribution in [3.63, 3.8) is 0 Å². The lowest BCUT2D eigenvalue weighted by atomic mass is 9.90. The highest BCUT2D eigenvalue weighted by Gasteiger charge is 2.27. The predicted molar refractivity (Wildman–Crippen MR) is 469 cm³/mol. The maximum absolute atomic E-state index is 14.9. The molecule has 0 atom stereocenters. The number of unbranched alkanes of at least 4 members (excludes halogenated alkanes) is 8. The van der Waals surface area contributed by atoms with E-state index in [1.54, 1.807) is 0 Å². The SMILES string of the molecule is CCCCCOc1c2cc3cc1Cc1cc4cc(c1OCCCCC)Cc1cc(cc(c1OCCCCC)Cc1cc(cc(c1OCCCCC)C2)NC(=O)Nc1cccc(c1)OCCCCCCCCCCOc1cccc(c1)NC(=O)N3)NC(=O)Nc1cccc(c1)OCCCCCCCCCCOc1cccc(c1)NC(=O)N4. The van der Waals surface area contributed by atoms with Gasteiger partial charge >= 0.3 is 24.1 Å². The first-order valence-electron chi connectivity index (χ1n) is 43.3. The fourth-order valence-electron chi connectivity index (χ4n) is 15.1. The topological polar surface area (TPSA) is 238 Å². The summed E-state index contributed by atoms with van der Waals surface area (Å²) in [5, 5.41) is 25.5. The van der Waals surface area contributed by atoms with Crippen LogP contribution in [0.3, 0.4) is 0 Å². The Bertz CT molecular complexity index is 3800. The Balaban J connectivity index is 1.13. The number of benzene rings is 8. The van der Waals surface area contributed by atoms with Crippen molar-refractivity contribution >= 4 is 69.6 Å². The van der Waals surface area contributed by atoms with Crippen LogP contribution in [0, 0.1) is 0 Å². The van der Waals surface area contributed by atoms with E-state index in [0.717, 1.165) is 224 Å². The highest BCUT2D eigenvalue weighted by Crippen LogP contribution is 2.44. The third kappa shape index (κ3) is 28.3. The first-order chi connectivity index (χ1) is 56.9. The normalized spacial score (nSPS) is 15.3. The number of hydrogen-bond acceptors (Lipinski definition) is 12. The molecule has 3 aliphatic rings. The maximum Gasteiger partial charge on any atom is 0.323 e. The molecule has 20 nitrogen and oxygen atoms in total. The average Bonchev–Trinajstić information content (AvgIpc) is 0.770. The van der Waals surface area contributed by atoms with Crippen LogP contribution in [-0.2, 0) is 25.7 Å². The molecule has 20 bridgehead atoms. The summed E-state index contributed by atoms with van der Waals surface area (Å²) in [5.41, 5.74) is 9.95. The van der Waals surface area contributed by atoms with Crippen LogP contribution >= 0.6 is 0 Å². The van der Waals surface area contributed by atoms with Gasteiger partial charge < -0.3 is 80.4 Å². The summed E-state index contributed by atoms with van der Waals surface area (Å²) < 4.78 is 54.2. The van der Waals surface area contributed by atoms with E-state index in [1.165, 1.54) is 0 Å². The smallest absolute Gasteiger partial charge is 0.323 e. The Morgan fingerprint density at radius 2 is 0.431 bits per heavy atom. The quantitative estimate of drug-likeness (QED) is 0.0333. The fourth-order valence-corrected chi connectivity index (χ4v) is 15.1. The van der Waals surface area contributed by atoms with Crippen molar-refractivity contribution in [3.05, 3.63) is 190 Å². The lowest BCUT2D eigenvalue weighted by molar-refractivity contribution is 0.261. The van der Waals surface area contributed by atoms with Gasteiger partial charge in [0.2, 0.25) is 0 Å². The first kappa shape index (κ1) is 86.1. The number of fused-ring (bicyclic) bond motifs is 16. The molecule has 0 saturated heterocycles. The number of amides is 8. The number of hydrogen-bond donors (Lipinski definition) is 8. The molecule has 620 valence electrons. The zero-order valence-electron chi connectivity index (χ0n) is 69.0. The van der Waals surface area contributed by atoms with Gasteiger partial charge in [0, 0.05) is 140 Å². The molecule has 0 unspecified atom stereocenters. The minimum atomic E-state index is -0.475. The number of carbonyl (C=O) groups is 4. The van der Waals surface area contributed by atoms with Crippen LogP contribution < -0.4 is 80.4 Å². The van der Waals surface area contributed by atoms with Gasteiger partial charge in [0.1, 0.15) is 46.0 Å². The molecule has 0 spiro atoms. The molecule has 8 amide bonds. The molecule has 20 heteroatoms. The fraction of sp³-hybridized carbons (Fsp3) is 0.458. The Morgan fingerprint density at radius 1 is 0.241 bits per heavy atom. The van der Waals surface area contributed by atoms with E-state index in [0.29, 0.717) is 144 Å². The third-order valence-electron chi connectivity index (χ3n) is 21.0.